The zero-order chi connectivity index (χ0) is 22.4. The summed E-state index contributed by atoms with van der Waals surface area (Å²) in [6.07, 6.45) is 11.5. The Balaban J connectivity index is 1.53. The number of hydrogen-bond acceptors (Lipinski definition) is 3. The standard InChI is InChI=1S/C27H35N3O2/c1-2-29-26(32)27(15-7-17-30(20-27)25(31)23-8-4-3-5-9-23)18-21-11-13-22(14-12-21)24-10-6-16-28-19-24/h6,10-14,16,19,23H,2-5,7-9,15,17-18,20H2,1H3,(H,29,32)/t27-/m0/s1. The molecule has 2 amide bonds. The van der Waals surface area contributed by atoms with E-state index in [0.717, 1.165) is 61.8 Å². The zero-order valence-corrected chi connectivity index (χ0v) is 19.2. The van der Waals surface area contributed by atoms with E-state index in [1.165, 1.54) is 6.42 Å². The zero-order valence-electron chi connectivity index (χ0n) is 19.2. The average molecular weight is 434 g/mol. The fourth-order valence-electron chi connectivity index (χ4n) is 5.42. The van der Waals surface area contributed by atoms with E-state index in [0.29, 0.717) is 19.5 Å². The van der Waals surface area contributed by atoms with Crippen LogP contribution in [0.5, 0.6) is 0 Å². The number of nitrogens with zero attached hydrogens (tertiary/aromatic N) is 2. The van der Waals surface area contributed by atoms with Gasteiger partial charge in [-0.15, -0.1) is 0 Å². The quantitative estimate of drug-likeness (QED) is 0.723. The Morgan fingerprint density at radius 3 is 2.53 bits per heavy atom. The van der Waals surface area contributed by atoms with Crippen LogP contribution in [0.25, 0.3) is 11.1 Å². The van der Waals surface area contributed by atoms with Crippen molar-refractivity contribution in [1.29, 1.82) is 0 Å². The normalized spacial score (nSPS) is 21.8. The molecule has 2 aliphatic rings. The van der Waals surface area contributed by atoms with Gasteiger partial charge in [-0.2, -0.15) is 0 Å². The van der Waals surface area contributed by atoms with Gasteiger partial charge in [-0.25, -0.2) is 0 Å². The van der Waals surface area contributed by atoms with Crippen molar-refractivity contribution in [2.45, 2.75) is 58.3 Å². The number of benzene rings is 1. The Kier molecular flexibility index (Phi) is 7.23. The van der Waals surface area contributed by atoms with E-state index in [9.17, 15) is 9.59 Å². The molecule has 2 aromatic rings. The number of pyridine rings is 1. The molecular formula is C27H35N3O2. The maximum Gasteiger partial charge on any atom is 0.228 e. The molecule has 5 heteroatoms. The van der Waals surface area contributed by atoms with Crippen molar-refractivity contribution in [2.75, 3.05) is 19.6 Å². The summed E-state index contributed by atoms with van der Waals surface area (Å²) < 4.78 is 0. The van der Waals surface area contributed by atoms with Crippen LogP contribution in [0, 0.1) is 11.3 Å². The van der Waals surface area contributed by atoms with E-state index in [1.54, 1.807) is 6.20 Å². The molecule has 4 rings (SSSR count). The van der Waals surface area contributed by atoms with Crippen LogP contribution in [0.4, 0.5) is 0 Å². The third-order valence-electron chi connectivity index (χ3n) is 7.15. The van der Waals surface area contributed by atoms with Gasteiger partial charge in [0.05, 0.1) is 5.41 Å². The molecular weight excluding hydrogens is 398 g/mol. The molecule has 1 saturated carbocycles. The summed E-state index contributed by atoms with van der Waals surface area (Å²) in [5.41, 5.74) is 2.77. The number of hydrogen-bond donors (Lipinski definition) is 1. The SMILES string of the molecule is CCNC(=O)[C@]1(Cc2ccc(-c3cccnc3)cc2)CCCN(C(=O)C2CCCCC2)C1. The molecule has 1 aromatic heterocycles. The number of nitrogens with one attached hydrogen (secondary N) is 1. The minimum absolute atomic E-state index is 0.0810. The van der Waals surface area contributed by atoms with Crippen molar-refractivity contribution in [2.24, 2.45) is 11.3 Å². The predicted molar refractivity (Wildman–Crippen MR) is 127 cm³/mol. The number of piperidine rings is 1. The minimum Gasteiger partial charge on any atom is -0.356 e. The maximum absolute atomic E-state index is 13.3. The van der Waals surface area contributed by atoms with Gasteiger partial charge in [0.15, 0.2) is 0 Å². The second-order valence-corrected chi connectivity index (χ2v) is 9.45. The van der Waals surface area contributed by atoms with Crippen LogP contribution in [0.1, 0.15) is 57.4 Å². The van der Waals surface area contributed by atoms with Crippen LogP contribution in [0.3, 0.4) is 0 Å². The molecule has 1 N–H and O–H groups in total. The molecule has 0 bridgehead atoms. The third-order valence-corrected chi connectivity index (χ3v) is 7.15. The number of likely N-dealkylation sites (tertiary alicyclic amines) is 1. The summed E-state index contributed by atoms with van der Waals surface area (Å²) in [4.78, 5) is 32.8. The van der Waals surface area contributed by atoms with E-state index >= 15 is 0 Å². The van der Waals surface area contributed by atoms with Crippen molar-refractivity contribution in [3.63, 3.8) is 0 Å². The Labute approximate surface area is 191 Å². The summed E-state index contributed by atoms with van der Waals surface area (Å²) in [5.74, 6) is 0.495. The summed E-state index contributed by atoms with van der Waals surface area (Å²) in [6.45, 7) is 3.87. The lowest BCUT2D eigenvalue weighted by atomic mass is 9.73. The third kappa shape index (κ3) is 5.03. The van der Waals surface area contributed by atoms with Gasteiger partial charge < -0.3 is 10.2 Å². The molecule has 0 unspecified atom stereocenters. The van der Waals surface area contributed by atoms with E-state index < -0.39 is 5.41 Å². The van der Waals surface area contributed by atoms with Gasteiger partial charge in [0.25, 0.3) is 0 Å². The first-order valence-corrected chi connectivity index (χ1v) is 12.2. The van der Waals surface area contributed by atoms with Gasteiger partial charge >= 0.3 is 0 Å². The van der Waals surface area contributed by atoms with E-state index in [2.05, 4.69) is 34.6 Å². The average Bonchev–Trinajstić information content (AvgIpc) is 2.85. The Bertz CT molecular complexity index is 906. The molecule has 0 spiro atoms. The maximum atomic E-state index is 13.3. The van der Waals surface area contributed by atoms with Crippen LogP contribution in [-0.4, -0.2) is 41.3 Å². The summed E-state index contributed by atoms with van der Waals surface area (Å²) in [7, 11) is 0. The van der Waals surface area contributed by atoms with E-state index in [1.807, 2.05) is 30.2 Å². The van der Waals surface area contributed by atoms with Gasteiger partial charge in [-0.3, -0.25) is 14.6 Å². The van der Waals surface area contributed by atoms with Gasteiger partial charge in [-0.1, -0.05) is 49.6 Å². The summed E-state index contributed by atoms with van der Waals surface area (Å²) >= 11 is 0. The molecule has 2 heterocycles. The molecule has 1 aromatic carbocycles. The first kappa shape index (κ1) is 22.5. The monoisotopic (exact) mass is 433 g/mol. The Hall–Kier alpha value is -2.69. The van der Waals surface area contributed by atoms with Gasteiger partial charge in [0.2, 0.25) is 11.8 Å². The van der Waals surface area contributed by atoms with Crippen molar-refractivity contribution < 1.29 is 9.59 Å². The molecule has 1 atom stereocenters. The number of aromatic nitrogens is 1. The van der Waals surface area contributed by atoms with E-state index in [-0.39, 0.29) is 17.7 Å². The highest BCUT2D eigenvalue weighted by molar-refractivity contribution is 5.85. The first-order chi connectivity index (χ1) is 15.6. The lowest BCUT2D eigenvalue weighted by Crippen LogP contribution is -2.55. The molecule has 5 nitrogen and oxygen atoms in total. The molecule has 1 saturated heterocycles. The fourth-order valence-corrected chi connectivity index (χ4v) is 5.42. The van der Waals surface area contributed by atoms with Crippen LogP contribution in [0.2, 0.25) is 0 Å². The Morgan fingerprint density at radius 1 is 1.06 bits per heavy atom. The molecule has 170 valence electrons. The largest absolute Gasteiger partial charge is 0.356 e. The van der Waals surface area contributed by atoms with Crippen LogP contribution < -0.4 is 5.32 Å². The summed E-state index contributed by atoms with van der Waals surface area (Å²) in [5, 5.41) is 3.07. The van der Waals surface area contributed by atoms with E-state index in [4.69, 9.17) is 0 Å². The van der Waals surface area contributed by atoms with Crippen molar-refractivity contribution in [3.8, 4) is 11.1 Å². The van der Waals surface area contributed by atoms with Crippen molar-refractivity contribution >= 4 is 11.8 Å². The lowest BCUT2D eigenvalue weighted by molar-refractivity contribution is -0.145. The van der Waals surface area contributed by atoms with Crippen molar-refractivity contribution in [3.05, 3.63) is 54.4 Å². The van der Waals surface area contributed by atoms with Gasteiger partial charge in [0.1, 0.15) is 0 Å². The topological polar surface area (TPSA) is 62.3 Å². The highest BCUT2D eigenvalue weighted by Crippen LogP contribution is 2.36. The molecule has 1 aliphatic heterocycles. The van der Waals surface area contributed by atoms with Crippen LogP contribution >= 0.6 is 0 Å². The Morgan fingerprint density at radius 2 is 1.84 bits per heavy atom. The van der Waals surface area contributed by atoms with Gasteiger partial charge in [-0.05, 0) is 61.8 Å². The number of rotatable bonds is 6. The predicted octanol–water partition coefficient (Wildman–Crippen LogP) is 4.62. The molecule has 1 aliphatic carbocycles. The second kappa shape index (κ2) is 10.3. The number of amides is 2. The lowest BCUT2D eigenvalue weighted by Gasteiger charge is -2.43. The first-order valence-electron chi connectivity index (χ1n) is 12.2. The molecule has 0 radical (unpaired) electrons. The highest BCUT2D eigenvalue weighted by Gasteiger charge is 2.44. The second-order valence-electron chi connectivity index (χ2n) is 9.45. The van der Waals surface area contributed by atoms with Gasteiger partial charge in [0, 0.05) is 37.9 Å². The summed E-state index contributed by atoms with van der Waals surface area (Å²) in [6, 6.07) is 12.4. The molecule has 32 heavy (non-hydrogen) atoms. The highest BCUT2D eigenvalue weighted by atomic mass is 16.2. The smallest absolute Gasteiger partial charge is 0.228 e. The number of carbonyl (C=O) groups is 2. The number of carbonyl (C=O) groups excluding carboxylic acids is 2. The van der Waals surface area contributed by atoms with Crippen LogP contribution in [-0.2, 0) is 16.0 Å². The van der Waals surface area contributed by atoms with Crippen LogP contribution in [0.15, 0.2) is 48.8 Å². The van der Waals surface area contributed by atoms with Crippen molar-refractivity contribution in [1.82, 2.24) is 15.2 Å². The fraction of sp³-hybridized carbons (Fsp3) is 0.519. The minimum atomic E-state index is -0.561. The molecule has 2 fully saturated rings.